The molecule has 1 unspecified atom stereocenters. The van der Waals surface area contributed by atoms with Crippen molar-refractivity contribution in [1.82, 2.24) is 0 Å². The van der Waals surface area contributed by atoms with Gasteiger partial charge in [0.25, 0.3) is 0 Å². The molecule has 0 heterocycles. The van der Waals surface area contributed by atoms with Crippen molar-refractivity contribution in [3.63, 3.8) is 0 Å². The molecule has 0 bridgehead atoms. The summed E-state index contributed by atoms with van der Waals surface area (Å²) in [6.45, 7) is 9.58. The Morgan fingerprint density at radius 2 is 1.25 bits per heavy atom. The summed E-state index contributed by atoms with van der Waals surface area (Å²) in [4.78, 5) is 0. The van der Waals surface area contributed by atoms with E-state index < -0.39 is 18.4 Å². The molecule has 0 fully saturated rings. The first-order valence-electron chi connectivity index (χ1n) is 13.6. The summed E-state index contributed by atoms with van der Waals surface area (Å²) < 4.78 is 6.58. The van der Waals surface area contributed by atoms with Crippen LogP contribution >= 0.6 is 0 Å². The van der Waals surface area contributed by atoms with Gasteiger partial charge in [-0.05, 0) is 0 Å². The van der Waals surface area contributed by atoms with Crippen molar-refractivity contribution in [2.24, 2.45) is 5.92 Å². The van der Waals surface area contributed by atoms with Gasteiger partial charge in [-0.1, -0.05) is 0 Å². The molecule has 0 radical (unpaired) electrons. The van der Waals surface area contributed by atoms with E-state index in [0.717, 1.165) is 0 Å². The second kappa shape index (κ2) is 13.0. The predicted octanol–water partition coefficient (Wildman–Crippen LogP) is 9.96. The van der Waals surface area contributed by atoms with Crippen LogP contribution in [-0.4, -0.2) is 18.4 Å². The predicted molar refractivity (Wildman–Crippen MR) is 147 cm³/mol. The Bertz CT molecular complexity index is 826. The molecule has 0 amide bonds. The van der Waals surface area contributed by atoms with E-state index in [-0.39, 0.29) is 0 Å². The summed E-state index contributed by atoms with van der Waals surface area (Å²) in [7, 11) is 0. The Hall–Kier alpha value is -1.02. The van der Waals surface area contributed by atoms with Crippen LogP contribution in [0, 0.1) is 5.92 Å². The summed E-state index contributed by atoms with van der Waals surface area (Å²) in [5.41, 5.74) is 6.62. The fourth-order valence-corrected chi connectivity index (χ4v) is 24.2. The van der Waals surface area contributed by atoms with Crippen molar-refractivity contribution in [3.05, 3.63) is 71.3 Å². The summed E-state index contributed by atoms with van der Waals surface area (Å²) in [5.74, 6) is 0.688. The SMILES string of the molecule is CCC[CH2][Sn]([CH2]CCC)([CH2]CCC)[C]1=C(c2ccccc2)C(CCC)Cc2ccccc21. The molecule has 0 saturated carbocycles. The zero-order valence-electron chi connectivity index (χ0n) is 21.3. The van der Waals surface area contributed by atoms with Gasteiger partial charge in [0.05, 0.1) is 0 Å². The fraction of sp³-hybridized carbons (Fsp3) is 0.548. The Morgan fingerprint density at radius 1 is 0.688 bits per heavy atom. The van der Waals surface area contributed by atoms with Crippen molar-refractivity contribution >= 4 is 27.5 Å². The van der Waals surface area contributed by atoms with E-state index in [9.17, 15) is 0 Å². The van der Waals surface area contributed by atoms with Gasteiger partial charge in [0.2, 0.25) is 0 Å². The van der Waals surface area contributed by atoms with Gasteiger partial charge < -0.3 is 0 Å². The van der Waals surface area contributed by atoms with E-state index in [1.165, 1.54) is 63.4 Å². The second-order valence-corrected chi connectivity index (χ2v) is 23.1. The molecule has 32 heavy (non-hydrogen) atoms. The second-order valence-electron chi connectivity index (χ2n) is 10.1. The van der Waals surface area contributed by atoms with Gasteiger partial charge in [0, 0.05) is 0 Å². The number of hydrogen-bond acceptors (Lipinski definition) is 0. The maximum absolute atomic E-state index is 2.64. The Balaban J connectivity index is 2.33. The van der Waals surface area contributed by atoms with Crippen LogP contribution in [0.5, 0.6) is 0 Å². The van der Waals surface area contributed by atoms with Crippen molar-refractivity contribution in [3.8, 4) is 0 Å². The normalized spacial score (nSPS) is 16.3. The number of fused-ring (bicyclic) bond motifs is 1. The van der Waals surface area contributed by atoms with Gasteiger partial charge in [0.15, 0.2) is 0 Å². The molecule has 1 atom stereocenters. The van der Waals surface area contributed by atoms with Crippen LogP contribution in [0.1, 0.15) is 95.8 Å². The monoisotopic (exact) mass is 538 g/mol. The van der Waals surface area contributed by atoms with Crippen LogP contribution in [0.4, 0.5) is 0 Å². The first-order chi connectivity index (χ1) is 15.7. The summed E-state index contributed by atoms with van der Waals surface area (Å²) in [6, 6.07) is 21.1. The van der Waals surface area contributed by atoms with E-state index in [4.69, 9.17) is 0 Å². The molecule has 0 aliphatic heterocycles. The van der Waals surface area contributed by atoms with Gasteiger partial charge in [-0.2, -0.15) is 0 Å². The van der Waals surface area contributed by atoms with Crippen molar-refractivity contribution in [2.75, 3.05) is 0 Å². The van der Waals surface area contributed by atoms with Crippen LogP contribution in [0.15, 0.2) is 54.6 Å². The first-order valence-corrected chi connectivity index (χ1v) is 21.1. The molecule has 1 aliphatic carbocycles. The molecule has 2 aromatic carbocycles. The molecule has 0 N–H and O–H groups in total. The number of benzene rings is 2. The van der Waals surface area contributed by atoms with E-state index in [2.05, 4.69) is 82.3 Å². The van der Waals surface area contributed by atoms with Crippen molar-refractivity contribution in [2.45, 2.75) is 98.8 Å². The fourth-order valence-electron chi connectivity index (χ4n) is 6.12. The number of hydrogen-bond donors (Lipinski definition) is 0. The van der Waals surface area contributed by atoms with E-state index in [1.54, 1.807) is 30.0 Å². The molecule has 0 spiro atoms. The maximum atomic E-state index is 2.51. The van der Waals surface area contributed by atoms with Crippen molar-refractivity contribution < 1.29 is 0 Å². The van der Waals surface area contributed by atoms with E-state index >= 15 is 0 Å². The average molecular weight is 537 g/mol. The Labute approximate surface area is 202 Å². The first kappa shape index (κ1) is 25.6. The topological polar surface area (TPSA) is 0 Å². The Morgan fingerprint density at radius 3 is 1.81 bits per heavy atom. The van der Waals surface area contributed by atoms with Crippen molar-refractivity contribution in [1.29, 1.82) is 0 Å². The number of allylic oxidation sites excluding steroid dienone is 1. The van der Waals surface area contributed by atoms with Gasteiger partial charge >= 0.3 is 204 Å². The Kier molecular flexibility index (Phi) is 10.4. The minimum atomic E-state index is -2.64. The number of rotatable bonds is 13. The van der Waals surface area contributed by atoms with Gasteiger partial charge in [0.1, 0.15) is 0 Å². The quantitative estimate of drug-likeness (QED) is 0.223. The summed E-state index contributed by atoms with van der Waals surface area (Å²) in [5, 5.41) is 0. The molecule has 1 heteroatoms. The molecule has 0 saturated heterocycles. The standard InChI is InChI=1S/C19H19.3C4H9.Sn/c1-2-8-18-13-16-11-6-7-12-17(16)14-19(18)15-9-4-3-5-10-15;3*1-3-4-2;/h3-7,9-12,18H,2,8,13H2,1H3;3*1,3-4H2,2H3;. The molecule has 3 rings (SSSR count). The van der Waals surface area contributed by atoms with Gasteiger partial charge in [-0.3, -0.25) is 0 Å². The van der Waals surface area contributed by atoms with Gasteiger partial charge in [-0.15, -0.1) is 0 Å². The molecule has 0 aromatic heterocycles. The number of unbranched alkanes of at least 4 members (excludes halogenated alkanes) is 3. The average Bonchev–Trinajstić information content (AvgIpc) is 2.84. The zero-order chi connectivity index (χ0) is 22.8. The third kappa shape index (κ3) is 5.91. The van der Waals surface area contributed by atoms with Crippen LogP contribution in [0.2, 0.25) is 13.3 Å². The molecular weight excluding hydrogens is 491 g/mol. The minimum absolute atomic E-state index is 0.688. The van der Waals surface area contributed by atoms with E-state index in [0.29, 0.717) is 5.92 Å². The summed E-state index contributed by atoms with van der Waals surface area (Å²) in [6.07, 6.45) is 12.1. The molecule has 0 nitrogen and oxygen atoms in total. The zero-order valence-corrected chi connectivity index (χ0v) is 24.1. The van der Waals surface area contributed by atoms with Crippen LogP contribution in [0.3, 0.4) is 0 Å². The van der Waals surface area contributed by atoms with Crippen LogP contribution in [0.25, 0.3) is 9.16 Å². The molecule has 174 valence electrons. The third-order valence-corrected chi connectivity index (χ3v) is 23.5. The molecule has 1 aliphatic rings. The third-order valence-electron chi connectivity index (χ3n) is 7.71. The van der Waals surface area contributed by atoms with Crippen LogP contribution in [-0.2, 0) is 6.42 Å². The summed E-state index contributed by atoms with van der Waals surface area (Å²) >= 11 is -2.64. The van der Waals surface area contributed by atoms with Crippen LogP contribution < -0.4 is 0 Å². The van der Waals surface area contributed by atoms with Gasteiger partial charge in [-0.25, -0.2) is 0 Å². The van der Waals surface area contributed by atoms with E-state index in [1.807, 2.05) is 3.59 Å². The molecular formula is C31H46Sn. The molecule has 2 aromatic rings.